The van der Waals surface area contributed by atoms with Crippen LogP contribution in [0.3, 0.4) is 0 Å². The normalized spacial score (nSPS) is 14.7. The molecule has 4 aromatic rings. The van der Waals surface area contributed by atoms with Gasteiger partial charge in [-0.2, -0.15) is 0 Å². The van der Waals surface area contributed by atoms with Crippen molar-refractivity contribution in [2.24, 2.45) is 0 Å². The number of ketones is 1. The Bertz CT molecular complexity index is 1440. The van der Waals surface area contributed by atoms with Crippen molar-refractivity contribution in [1.82, 2.24) is 9.47 Å². The summed E-state index contributed by atoms with van der Waals surface area (Å²) in [6.07, 6.45) is 4.55. The summed E-state index contributed by atoms with van der Waals surface area (Å²) < 4.78 is 7.95. The number of imide groups is 1. The molecule has 0 spiro atoms. The molecule has 1 saturated heterocycles. The Morgan fingerprint density at radius 2 is 1.58 bits per heavy atom. The molecule has 0 N–H and O–H groups in total. The highest BCUT2D eigenvalue weighted by molar-refractivity contribution is 8.18. The number of nitrogens with zero attached hydrogens (tertiary/aromatic N) is 2. The molecule has 2 amide bonds. The van der Waals surface area contributed by atoms with Crippen molar-refractivity contribution in [2.75, 3.05) is 13.2 Å². The van der Waals surface area contributed by atoms with Gasteiger partial charge in [0, 0.05) is 34.8 Å². The van der Waals surface area contributed by atoms with Crippen molar-refractivity contribution >= 4 is 45.7 Å². The van der Waals surface area contributed by atoms with Gasteiger partial charge in [0.05, 0.1) is 18.1 Å². The first-order chi connectivity index (χ1) is 17.6. The minimum atomic E-state index is -0.442. The van der Waals surface area contributed by atoms with Gasteiger partial charge in [-0.05, 0) is 42.5 Å². The topological polar surface area (TPSA) is 68.6 Å². The second-order valence-corrected chi connectivity index (χ2v) is 9.36. The molecule has 0 bridgehead atoms. The zero-order valence-electron chi connectivity index (χ0n) is 19.5. The maximum Gasteiger partial charge on any atom is 0.293 e. The lowest BCUT2D eigenvalue weighted by Gasteiger charge is -2.11. The SMILES string of the molecule is O=C(CN1C(=O)S/C(=C\c2cn(CCCOc3ccccc3)c3ccccc23)C1=O)c1ccccc1. The molecule has 7 heteroatoms. The standard InChI is InChI=1S/C29H24N2O4S/c32-26(21-10-3-1-4-11-21)20-31-28(33)27(36-29(31)34)18-22-19-30(25-15-8-7-14-24(22)25)16-9-17-35-23-12-5-2-6-13-23/h1-8,10-15,18-19H,9,16-17,20H2/b27-18-. The highest BCUT2D eigenvalue weighted by atomic mass is 32.2. The first-order valence-electron chi connectivity index (χ1n) is 11.7. The number of para-hydroxylation sites is 2. The van der Waals surface area contributed by atoms with Gasteiger partial charge in [0.1, 0.15) is 5.75 Å². The van der Waals surface area contributed by atoms with Crippen LogP contribution in [0.4, 0.5) is 4.79 Å². The van der Waals surface area contributed by atoms with Gasteiger partial charge in [-0.15, -0.1) is 0 Å². The molecule has 3 aromatic carbocycles. The number of amides is 2. The number of fused-ring (bicyclic) bond motifs is 1. The van der Waals surface area contributed by atoms with Crippen LogP contribution in [0.1, 0.15) is 22.3 Å². The van der Waals surface area contributed by atoms with Crippen molar-refractivity contribution in [3.63, 3.8) is 0 Å². The number of ether oxygens (including phenoxy) is 1. The van der Waals surface area contributed by atoms with E-state index >= 15 is 0 Å². The van der Waals surface area contributed by atoms with Gasteiger partial charge in [-0.25, -0.2) is 0 Å². The van der Waals surface area contributed by atoms with E-state index in [1.54, 1.807) is 30.3 Å². The molecule has 0 unspecified atom stereocenters. The Balaban J connectivity index is 1.31. The monoisotopic (exact) mass is 496 g/mol. The van der Waals surface area contributed by atoms with Crippen LogP contribution in [-0.4, -0.2) is 39.5 Å². The maximum absolute atomic E-state index is 13.0. The number of aromatic nitrogens is 1. The minimum Gasteiger partial charge on any atom is -0.494 e. The summed E-state index contributed by atoms with van der Waals surface area (Å²) in [5, 5.41) is 0.561. The number of hydrogen-bond acceptors (Lipinski definition) is 5. The van der Waals surface area contributed by atoms with Gasteiger partial charge in [0.2, 0.25) is 0 Å². The van der Waals surface area contributed by atoms with Crippen LogP contribution in [-0.2, 0) is 11.3 Å². The minimum absolute atomic E-state index is 0.269. The molecule has 36 heavy (non-hydrogen) atoms. The summed E-state index contributed by atoms with van der Waals surface area (Å²) in [4.78, 5) is 39.5. The Morgan fingerprint density at radius 1 is 0.889 bits per heavy atom. The fourth-order valence-electron chi connectivity index (χ4n) is 4.15. The fraction of sp³-hybridized carbons (Fsp3) is 0.138. The average Bonchev–Trinajstić information content (AvgIpc) is 3.39. The smallest absolute Gasteiger partial charge is 0.293 e. The molecule has 6 nitrogen and oxygen atoms in total. The summed E-state index contributed by atoms with van der Waals surface area (Å²) >= 11 is 0.868. The average molecular weight is 497 g/mol. The van der Waals surface area contributed by atoms with E-state index in [0.29, 0.717) is 17.1 Å². The van der Waals surface area contributed by atoms with Crippen molar-refractivity contribution in [1.29, 1.82) is 0 Å². The molecule has 5 rings (SSSR count). The molecule has 1 aliphatic rings. The summed E-state index contributed by atoms with van der Waals surface area (Å²) in [5.74, 6) is 0.132. The Hall–Kier alpha value is -4.10. The van der Waals surface area contributed by atoms with Gasteiger partial charge in [0.15, 0.2) is 5.78 Å². The van der Waals surface area contributed by atoms with Crippen molar-refractivity contribution < 1.29 is 19.1 Å². The van der Waals surface area contributed by atoms with Crippen molar-refractivity contribution in [3.05, 3.63) is 107 Å². The molecular weight excluding hydrogens is 472 g/mol. The van der Waals surface area contributed by atoms with E-state index in [4.69, 9.17) is 4.74 Å². The Labute approximate surface area is 213 Å². The van der Waals surface area contributed by atoms with Gasteiger partial charge in [-0.1, -0.05) is 66.7 Å². The van der Waals surface area contributed by atoms with Gasteiger partial charge in [0.25, 0.3) is 11.1 Å². The van der Waals surface area contributed by atoms with E-state index in [2.05, 4.69) is 4.57 Å². The number of benzene rings is 3. The van der Waals surface area contributed by atoms with Gasteiger partial charge < -0.3 is 9.30 Å². The number of carbonyl (C=O) groups excluding carboxylic acids is 3. The number of thioether (sulfide) groups is 1. The molecule has 0 radical (unpaired) electrons. The Kier molecular flexibility index (Phi) is 7.00. The number of Topliss-reactive ketones (excluding diaryl/α,β-unsaturated/α-hetero) is 1. The summed E-state index contributed by atoms with van der Waals surface area (Å²) in [6.45, 7) is 1.06. The van der Waals surface area contributed by atoms with Gasteiger partial charge >= 0.3 is 0 Å². The molecule has 0 saturated carbocycles. The first-order valence-corrected chi connectivity index (χ1v) is 12.5. The largest absolute Gasteiger partial charge is 0.494 e. The van der Waals surface area contributed by atoms with Crippen LogP contribution in [0.15, 0.2) is 96.0 Å². The second kappa shape index (κ2) is 10.7. The molecule has 0 atom stereocenters. The van der Waals surface area contributed by atoms with Crippen LogP contribution in [0.25, 0.3) is 17.0 Å². The van der Waals surface area contributed by atoms with Crippen LogP contribution in [0.2, 0.25) is 0 Å². The molecule has 1 aromatic heterocycles. The van der Waals surface area contributed by atoms with Gasteiger partial charge in [-0.3, -0.25) is 19.3 Å². The third kappa shape index (κ3) is 5.11. The van der Waals surface area contributed by atoms with Crippen molar-refractivity contribution in [3.8, 4) is 5.75 Å². The van der Waals surface area contributed by atoms with E-state index in [0.717, 1.165) is 51.8 Å². The summed E-state index contributed by atoms with van der Waals surface area (Å²) in [6, 6.07) is 26.4. The Morgan fingerprint density at radius 3 is 2.36 bits per heavy atom. The van der Waals surface area contributed by atoms with E-state index in [1.165, 1.54) is 0 Å². The quantitative estimate of drug-likeness (QED) is 0.161. The third-order valence-electron chi connectivity index (χ3n) is 5.93. The predicted octanol–water partition coefficient (Wildman–Crippen LogP) is 6.03. The number of carbonyl (C=O) groups is 3. The van der Waals surface area contributed by atoms with Crippen LogP contribution >= 0.6 is 11.8 Å². The van der Waals surface area contributed by atoms with E-state index in [-0.39, 0.29) is 12.3 Å². The highest BCUT2D eigenvalue weighted by Gasteiger charge is 2.36. The van der Waals surface area contributed by atoms with Crippen LogP contribution in [0, 0.1) is 0 Å². The van der Waals surface area contributed by atoms with Crippen molar-refractivity contribution in [2.45, 2.75) is 13.0 Å². The van der Waals surface area contributed by atoms with E-state index < -0.39 is 11.1 Å². The molecule has 180 valence electrons. The molecule has 1 fully saturated rings. The molecular formula is C29H24N2O4S. The number of hydrogen-bond donors (Lipinski definition) is 0. The van der Waals surface area contributed by atoms with E-state index in [1.807, 2.05) is 66.9 Å². The molecule has 1 aliphatic heterocycles. The zero-order chi connectivity index (χ0) is 24.9. The third-order valence-corrected chi connectivity index (χ3v) is 6.84. The molecule has 0 aliphatic carbocycles. The van der Waals surface area contributed by atoms with Crippen LogP contribution < -0.4 is 4.74 Å². The second-order valence-electron chi connectivity index (χ2n) is 8.37. The maximum atomic E-state index is 13.0. The number of aryl methyl sites for hydroxylation is 1. The predicted molar refractivity (Wildman–Crippen MR) is 142 cm³/mol. The highest BCUT2D eigenvalue weighted by Crippen LogP contribution is 2.34. The number of rotatable bonds is 9. The van der Waals surface area contributed by atoms with Crippen LogP contribution in [0.5, 0.6) is 5.75 Å². The summed E-state index contributed by atoms with van der Waals surface area (Å²) in [7, 11) is 0. The van der Waals surface area contributed by atoms with E-state index in [9.17, 15) is 14.4 Å². The lowest BCUT2D eigenvalue weighted by Crippen LogP contribution is -2.33. The molecule has 2 heterocycles. The lowest BCUT2D eigenvalue weighted by molar-refractivity contribution is -0.122. The summed E-state index contributed by atoms with van der Waals surface area (Å²) in [5.41, 5.74) is 2.37. The zero-order valence-corrected chi connectivity index (χ0v) is 20.3. The fourth-order valence-corrected chi connectivity index (χ4v) is 4.98. The first kappa shape index (κ1) is 23.6. The lowest BCUT2D eigenvalue weighted by atomic mass is 10.1.